The molecule has 0 aromatic heterocycles. The minimum Gasteiger partial charge on any atom is -0.452 e. The fourth-order valence-electron chi connectivity index (χ4n) is 7.92. The third kappa shape index (κ3) is 3.07. The van der Waals surface area contributed by atoms with Crippen molar-refractivity contribution in [1.82, 2.24) is 0 Å². The molecule has 0 amide bonds. The van der Waals surface area contributed by atoms with E-state index in [4.69, 9.17) is 4.74 Å². The van der Waals surface area contributed by atoms with Gasteiger partial charge in [0.25, 0.3) is 0 Å². The van der Waals surface area contributed by atoms with Gasteiger partial charge in [-0.05, 0) is 80.6 Å². The summed E-state index contributed by atoms with van der Waals surface area (Å²) < 4.78 is 44.7. The SMILES string of the molecule is CCCC1(OC(=O)C(F)(F)F)CC[C@H]2[C@@H]3CCC4=CC(=O)CC[C@]4(C)[C@@H]3CC[C@@]21C. The van der Waals surface area contributed by atoms with E-state index >= 15 is 0 Å². The number of fused-ring (bicyclic) bond motifs is 5. The van der Waals surface area contributed by atoms with Crippen LogP contribution < -0.4 is 0 Å². The van der Waals surface area contributed by atoms with Gasteiger partial charge in [0.1, 0.15) is 5.60 Å². The van der Waals surface area contributed by atoms with Gasteiger partial charge in [-0.3, -0.25) is 4.79 Å². The maximum Gasteiger partial charge on any atom is 0.490 e. The predicted molar refractivity (Wildman–Crippen MR) is 106 cm³/mol. The van der Waals surface area contributed by atoms with Crippen molar-refractivity contribution in [1.29, 1.82) is 0 Å². The van der Waals surface area contributed by atoms with Crippen LogP contribution in [-0.4, -0.2) is 23.5 Å². The Labute approximate surface area is 176 Å². The van der Waals surface area contributed by atoms with E-state index < -0.39 is 23.2 Å². The first-order valence-electron chi connectivity index (χ1n) is 11.5. The van der Waals surface area contributed by atoms with E-state index in [1.807, 2.05) is 13.0 Å². The zero-order valence-corrected chi connectivity index (χ0v) is 18.2. The number of carbonyl (C=O) groups excluding carboxylic acids is 2. The van der Waals surface area contributed by atoms with Crippen molar-refractivity contribution in [2.45, 2.75) is 96.8 Å². The molecule has 0 radical (unpaired) electrons. The first kappa shape index (κ1) is 21.9. The topological polar surface area (TPSA) is 43.4 Å². The maximum atomic E-state index is 13.1. The van der Waals surface area contributed by atoms with Crippen LogP contribution in [0.3, 0.4) is 0 Å². The summed E-state index contributed by atoms with van der Waals surface area (Å²) in [7, 11) is 0. The van der Waals surface area contributed by atoms with E-state index in [1.54, 1.807) is 0 Å². The summed E-state index contributed by atoms with van der Waals surface area (Å²) in [5.41, 5.74) is -0.141. The number of ether oxygens (including phenoxy) is 1. The zero-order chi connectivity index (χ0) is 21.9. The molecule has 3 fully saturated rings. The molecule has 4 rings (SSSR count). The molecule has 4 aliphatic rings. The maximum absolute atomic E-state index is 13.1. The summed E-state index contributed by atoms with van der Waals surface area (Å²) in [6.45, 7) is 6.32. The summed E-state index contributed by atoms with van der Waals surface area (Å²) in [6, 6.07) is 0. The summed E-state index contributed by atoms with van der Waals surface area (Å²) in [5, 5.41) is 0. The van der Waals surface area contributed by atoms with Crippen LogP contribution in [0.2, 0.25) is 0 Å². The molecule has 0 aromatic carbocycles. The minimum atomic E-state index is -4.96. The summed E-state index contributed by atoms with van der Waals surface area (Å²) in [5.74, 6) is -0.670. The van der Waals surface area contributed by atoms with Gasteiger partial charge in [-0.25, -0.2) is 4.79 Å². The van der Waals surface area contributed by atoms with Gasteiger partial charge >= 0.3 is 12.1 Å². The Balaban J connectivity index is 1.65. The Kier molecular flexibility index (Phi) is 5.18. The first-order chi connectivity index (χ1) is 14.0. The molecule has 6 heteroatoms. The molecule has 168 valence electrons. The molecule has 6 atom stereocenters. The smallest absolute Gasteiger partial charge is 0.452 e. The largest absolute Gasteiger partial charge is 0.490 e. The van der Waals surface area contributed by atoms with Gasteiger partial charge in [-0.1, -0.05) is 32.8 Å². The minimum absolute atomic E-state index is 0.0246. The van der Waals surface area contributed by atoms with Crippen LogP contribution in [0.15, 0.2) is 11.6 Å². The van der Waals surface area contributed by atoms with Crippen molar-refractivity contribution < 1.29 is 27.5 Å². The summed E-state index contributed by atoms with van der Waals surface area (Å²) >= 11 is 0. The van der Waals surface area contributed by atoms with E-state index in [0.717, 1.165) is 38.5 Å². The molecular formula is C24H33F3O3. The highest BCUT2D eigenvalue weighted by atomic mass is 19.4. The van der Waals surface area contributed by atoms with Crippen LogP contribution in [-0.2, 0) is 14.3 Å². The summed E-state index contributed by atoms with van der Waals surface area (Å²) in [4.78, 5) is 23.9. The number of rotatable bonds is 3. The summed E-state index contributed by atoms with van der Waals surface area (Å²) in [6.07, 6.45) is 4.48. The van der Waals surface area contributed by atoms with Crippen molar-refractivity contribution in [3.8, 4) is 0 Å². The monoisotopic (exact) mass is 426 g/mol. The van der Waals surface area contributed by atoms with E-state index in [2.05, 4.69) is 13.8 Å². The van der Waals surface area contributed by atoms with Gasteiger partial charge < -0.3 is 4.74 Å². The van der Waals surface area contributed by atoms with Gasteiger partial charge in [0.15, 0.2) is 5.78 Å². The van der Waals surface area contributed by atoms with Crippen LogP contribution >= 0.6 is 0 Å². The van der Waals surface area contributed by atoms with Crippen molar-refractivity contribution in [2.75, 3.05) is 0 Å². The Morgan fingerprint density at radius 2 is 1.80 bits per heavy atom. The van der Waals surface area contributed by atoms with Crippen LogP contribution in [0.1, 0.15) is 85.0 Å². The average molecular weight is 427 g/mol. The molecular weight excluding hydrogens is 393 g/mol. The number of hydrogen-bond donors (Lipinski definition) is 0. The molecule has 4 aliphatic carbocycles. The first-order valence-corrected chi connectivity index (χ1v) is 11.5. The Bertz CT molecular complexity index is 772. The van der Waals surface area contributed by atoms with Gasteiger partial charge in [0.2, 0.25) is 0 Å². The van der Waals surface area contributed by atoms with Crippen molar-refractivity contribution in [3.63, 3.8) is 0 Å². The predicted octanol–water partition coefficient (Wildman–Crippen LogP) is 6.16. The van der Waals surface area contributed by atoms with Crippen LogP contribution in [0, 0.1) is 28.6 Å². The van der Waals surface area contributed by atoms with Gasteiger partial charge in [-0.2, -0.15) is 13.2 Å². The number of ketones is 1. The van der Waals surface area contributed by atoms with Crippen LogP contribution in [0.5, 0.6) is 0 Å². The van der Waals surface area contributed by atoms with Crippen molar-refractivity contribution >= 4 is 11.8 Å². The molecule has 0 heterocycles. The van der Waals surface area contributed by atoms with Crippen molar-refractivity contribution in [2.24, 2.45) is 28.6 Å². The molecule has 0 aromatic rings. The quantitative estimate of drug-likeness (QED) is 0.508. The Hall–Kier alpha value is -1.33. The normalized spacial score (nSPS) is 43.3. The van der Waals surface area contributed by atoms with Gasteiger partial charge in [0, 0.05) is 11.8 Å². The standard InChI is InChI=1S/C24H33F3O3/c1-4-10-23(30-20(29)24(25,26)27)13-9-19-17-6-5-15-14-16(28)7-11-21(15,2)18(17)8-12-22(19,23)3/h14,17-19H,4-13H2,1-3H3/t17-,18-,19+,21+,22+,23?/m1/s1. The third-order valence-corrected chi connectivity index (χ3v) is 9.42. The number of carbonyl (C=O) groups is 2. The molecule has 1 unspecified atom stereocenters. The molecule has 3 nitrogen and oxygen atoms in total. The number of halogens is 3. The lowest BCUT2D eigenvalue weighted by Crippen LogP contribution is -2.56. The highest BCUT2D eigenvalue weighted by Crippen LogP contribution is 2.69. The number of hydrogen-bond acceptors (Lipinski definition) is 3. The second-order valence-corrected chi connectivity index (χ2v) is 10.6. The van der Waals surface area contributed by atoms with E-state index in [0.29, 0.717) is 37.5 Å². The molecule has 30 heavy (non-hydrogen) atoms. The molecule has 0 saturated heterocycles. The van der Waals surface area contributed by atoms with E-state index in [9.17, 15) is 22.8 Å². The lowest BCUT2D eigenvalue weighted by atomic mass is 9.46. The van der Waals surface area contributed by atoms with Crippen molar-refractivity contribution in [3.05, 3.63) is 11.6 Å². The van der Waals surface area contributed by atoms with Gasteiger partial charge in [-0.15, -0.1) is 0 Å². The Morgan fingerprint density at radius 3 is 2.47 bits per heavy atom. The number of allylic oxidation sites excluding steroid dienone is 1. The third-order valence-electron chi connectivity index (χ3n) is 9.42. The second-order valence-electron chi connectivity index (χ2n) is 10.6. The second kappa shape index (κ2) is 7.09. The number of alkyl halides is 3. The fraction of sp³-hybridized carbons (Fsp3) is 0.833. The van der Waals surface area contributed by atoms with E-state index in [1.165, 1.54) is 5.57 Å². The molecule has 0 bridgehead atoms. The molecule has 0 aliphatic heterocycles. The number of esters is 1. The fourth-order valence-corrected chi connectivity index (χ4v) is 7.92. The molecule has 0 spiro atoms. The van der Waals surface area contributed by atoms with Crippen LogP contribution in [0.25, 0.3) is 0 Å². The molecule has 0 N–H and O–H groups in total. The average Bonchev–Trinajstić information content (AvgIpc) is 2.94. The van der Waals surface area contributed by atoms with E-state index in [-0.39, 0.29) is 17.1 Å². The molecule has 3 saturated carbocycles. The van der Waals surface area contributed by atoms with Gasteiger partial charge in [0.05, 0.1) is 0 Å². The zero-order valence-electron chi connectivity index (χ0n) is 18.2. The lowest BCUT2D eigenvalue weighted by molar-refractivity contribution is -0.230. The highest BCUT2D eigenvalue weighted by Gasteiger charge is 2.66. The lowest BCUT2D eigenvalue weighted by Gasteiger charge is -2.59. The Morgan fingerprint density at radius 1 is 1.10 bits per heavy atom. The highest BCUT2D eigenvalue weighted by molar-refractivity contribution is 5.91. The van der Waals surface area contributed by atoms with Crippen LogP contribution in [0.4, 0.5) is 13.2 Å².